The normalized spacial score (nSPS) is 13.5. The van der Waals surface area contributed by atoms with Crippen LogP contribution in [0.4, 0.5) is 0 Å². The minimum atomic E-state index is -5.17. The average Bonchev–Trinajstić information content (AvgIpc) is 3.08. The molecule has 0 aromatic rings. The number of Topliss-reactive ketones (excluding diaryl/α,β-unsaturated/α-hetero) is 3. The molecule has 0 bridgehead atoms. The van der Waals surface area contributed by atoms with Crippen LogP contribution < -0.4 is 0 Å². The first kappa shape index (κ1) is 48.2. The van der Waals surface area contributed by atoms with Gasteiger partial charge in [0.2, 0.25) is 11.4 Å². The fourth-order valence-corrected chi connectivity index (χ4v) is 7.20. The molecular formula is C38H74O10P+. The molecule has 290 valence electrons. The Morgan fingerprint density at radius 1 is 0.531 bits per heavy atom. The van der Waals surface area contributed by atoms with Crippen molar-refractivity contribution in [2.45, 2.75) is 211 Å². The molecule has 0 amide bonds. The molecule has 0 aromatic heterocycles. The number of aliphatic hydroxyl groups is 3. The molecular weight excluding hydrogens is 647 g/mol. The van der Waals surface area contributed by atoms with Crippen LogP contribution in [0.15, 0.2) is 0 Å². The van der Waals surface area contributed by atoms with E-state index in [0.717, 1.165) is 51.4 Å². The van der Waals surface area contributed by atoms with Gasteiger partial charge >= 0.3 is 13.8 Å². The van der Waals surface area contributed by atoms with Crippen LogP contribution in [0.2, 0.25) is 0 Å². The van der Waals surface area contributed by atoms with Crippen molar-refractivity contribution in [1.29, 1.82) is 0 Å². The van der Waals surface area contributed by atoms with Gasteiger partial charge in [0.1, 0.15) is 12.7 Å². The Morgan fingerprint density at radius 3 is 1.06 bits per heavy atom. The third-order valence-corrected chi connectivity index (χ3v) is 10.6. The molecule has 0 aliphatic heterocycles. The van der Waals surface area contributed by atoms with E-state index in [9.17, 15) is 44.4 Å². The minimum Gasteiger partial charge on any atom is -0.394 e. The summed E-state index contributed by atoms with van der Waals surface area (Å²) in [5.74, 6) is -5.69. The minimum absolute atomic E-state index is 0.215. The van der Waals surface area contributed by atoms with Crippen molar-refractivity contribution < 1.29 is 49.1 Å². The van der Waals surface area contributed by atoms with E-state index in [4.69, 9.17) is 4.74 Å². The van der Waals surface area contributed by atoms with Crippen LogP contribution in [0.25, 0.3) is 0 Å². The summed E-state index contributed by atoms with van der Waals surface area (Å²) in [5.41, 5.74) is -2.79. The molecule has 0 saturated carbocycles. The summed E-state index contributed by atoms with van der Waals surface area (Å²) < 4.78 is 5.44. The highest BCUT2D eigenvalue weighted by Gasteiger charge is 2.60. The van der Waals surface area contributed by atoms with Crippen molar-refractivity contribution in [3.63, 3.8) is 0 Å². The Kier molecular flexibility index (Phi) is 30.2. The van der Waals surface area contributed by atoms with E-state index >= 15 is 0 Å². The van der Waals surface area contributed by atoms with Crippen molar-refractivity contribution in [1.82, 2.24) is 0 Å². The van der Waals surface area contributed by atoms with Crippen molar-refractivity contribution in [2.24, 2.45) is 0 Å². The smallest absolute Gasteiger partial charge is 0.394 e. The van der Waals surface area contributed by atoms with Gasteiger partial charge in [-0.15, -0.1) is 0 Å². The largest absolute Gasteiger partial charge is 0.443 e. The summed E-state index contributed by atoms with van der Waals surface area (Å²) in [6.45, 7) is 2.08. The molecule has 10 nitrogen and oxygen atoms in total. The monoisotopic (exact) mass is 722 g/mol. The number of ketones is 3. The molecule has 11 heteroatoms. The average molecular weight is 722 g/mol. The molecule has 0 aliphatic carbocycles. The lowest BCUT2D eigenvalue weighted by molar-refractivity contribution is -0.184. The Balaban J connectivity index is 5.11. The van der Waals surface area contributed by atoms with Crippen LogP contribution in [0.1, 0.15) is 194 Å². The second-order valence-electron chi connectivity index (χ2n) is 14.0. The predicted octanol–water partition coefficient (Wildman–Crippen LogP) is 7.82. The van der Waals surface area contributed by atoms with Crippen LogP contribution in [0, 0.1) is 0 Å². The molecule has 1 unspecified atom stereocenters. The van der Waals surface area contributed by atoms with Gasteiger partial charge in [-0.1, -0.05) is 168 Å². The van der Waals surface area contributed by atoms with E-state index in [1.165, 1.54) is 89.9 Å². The molecule has 0 heterocycles. The van der Waals surface area contributed by atoms with Gasteiger partial charge in [0, 0.05) is 12.8 Å². The van der Waals surface area contributed by atoms with Crippen LogP contribution >= 0.6 is 7.94 Å². The fourth-order valence-electron chi connectivity index (χ4n) is 6.43. The van der Waals surface area contributed by atoms with Gasteiger partial charge in [0.05, 0.1) is 6.61 Å². The van der Waals surface area contributed by atoms with Crippen molar-refractivity contribution in [3.8, 4) is 0 Å². The number of aliphatic hydroxyl groups excluding tert-OH is 3. The van der Waals surface area contributed by atoms with Gasteiger partial charge in [-0.3, -0.25) is 14.4 Å². The molecule has 0 spiro atoms. The third kappa shape index (κ3) is 22.0. The van der Waals surface area contributed by atoms with Crippen LogP contribution in [0.3, 0.4) is 0 Å². The molecule has 49 heavy (non-hydrogen) atoms. The van der Waals surface area contributed by atoms with Crippen molar-refractivity contribution >= 4 is 25.3 Å². The van der Waals surface area contributed by atoms with Crippen LogP contribution in [-0.2, 0) is 19.1 Å². The molecule has 6 N–H and O–H groups in total. The lowest BCUT2D eigenvalue weighted by atomic mass is 9.82. The fraction of sp³-hybridized carbons (Fsp3) is 0.921. The zero-order chi connectivity index (χ0) is 36.8. The van der Waals surface area contributed by atoms with Gasteiger partial charge in [-0.2, -0.15) is 14.7 Å². The number of hydrogen-bond acceptors (Lipinski definition) is 10. The highest BCUT2D eigenvalue weighted by atomic mass is 31.2. The summed E-state index contributed by atoms with van der Waals surface area (Å²) in [6.07, 6.45) is 25.6. The second-order valence-corrected chi connectivity index (χ2v) is 15.7. The first-order valence-corrected chi connectivity index (χ1v) is 21.5. The molecule has 0 aromatic carbocycles. The third-order valence-electron chi connectivity index (χ3n) is 9.53. The lowest BCUT2D eigenvalue weighted by Gasteiger charge is -2.36. The number of carbonyl (C=O) groups excluding carboxylic acids is 3. The summed E-state index contributed by atoms with van der Waals surface area (Å²) in [7, 11) is -5.17. The first-order valence-electron chi connectivity index (χ1n) is 19.8. The Hall–Kier alpha value is -0.840. The summed E-state index contributed by atoms with van der Waals surface area (Å²) in [5, 5.41) is 30.1. The number of hydrogen-bond donors (Lipinski definition) is 6. The Bertz CT molecular complexity index is 790. The highest BCUT2D eigenvalue weighted by Crippen LogP contribution is 2.53. The molecule has 0 aliphatic rings. The van der Waals surface area contributed by atoms with E-state index in [1.54, 1.807) is 0 Å². The molecule has 2 atom stereocenters. The topological polar surface area (TPSA) is 182 Å². The SMILES string of the molecule is CCCCCCCCCCCCCCCC(=O)C(OC(C(=O)CO)[P+](O)(O)O)(C(=O)CCCCCCCCCCCCCCC)[C@@H](O)CO. The summed E-state index contributed by atoms with van der Waals surface area (Å²) >= 11 is 0. The van der Waals surface area contributed by atoms with Crippen molar-refractivity contribution in [2.75, 3.05) is 13.2 Å². The van der Waals surface area contributed by atoms with Crippen molar-refractivity contribution in [3.05, 3.63) is 0 Å². The van der Waals surface area contributed by atoms with Crippen LogP contribution in [0.5, 0.6) is 0 Å². The number of rotatable bonds is 37. The van der Waals surface area contributed by atoms with E-state index in [-0.39, 0.29) is 12.8 Å². The van der Waals surface area contributed by atoms with Gasteiger partial charge < -0.3 is 20.1 Å². The van der Waals surface area contributed by atoms with Gasteiger partial charge in [-0.05, 0) is 12.8 Å². The van der Waals surface area contributed by atoms with Gasteiger partial charge in [0.25, 0.3) is 0 Å². The first-order chi connectivity index (χ1) is 23.5. The number of carbonyl (C=O) groups is 3. The van der Waals surface area contributed by atoms with Gasteiger partial charge in [0.15, 0.2) is 11.6 Å². The summed E-state index contributed by atoms with van der Waals surface area (Å²) in [4.78, 5) is 69.6. The molecule has 0 fully saturated rings. The Labute approximate surface area is 298 Å². The lowest BCUT2D eigenvalue weighted by Crippen LogP contribution is -2.61. The maximum Gasteiger partial charge on any atom is 0.443 e. The highest BCUT2D eigenvalue weighted by molar-refractivity contribution is 7.60. The maximum absolute atomic E-state index is 13.7. The maximum atomic E-state index is 13.7. The predicted molar refractivity (Wildman–Crippen MR) is 197 cm³/mol. The second kappa shape index (κ2) is 30.8. The van der Waals surface area contributed by atoms with E-state index in [2.05, 4.69) is 13.8 Å². The standard InChI is InChI=1S/C38H74O10P/c1-3-5-7-9-11-13-15-17-19-21-23-25-27-29-34(42)38(36(44)32-40,48-37(33(41)31-39)49(45,46)47)35(43)30-28-26-24-22-20-18-16-14-12-10-8-6-4-2/h36-37,39-40,44-47H,3-32H2,1-2H3/q+1/t36-,37?/m0/s1. The quantitative estimate of drug-likeness (QED) is 0.0210. The summed E-state index contributed by atoms with van der Waals surface area (Å²) in [6, 6.07) is 0. The van der Waals surface area contributed by atoms with E-state index in [0.29, 0.717) is 25.7 Å². The zero-order valence-corrected chi connectivity index (χ0v) is 32.0. The number of unbranched alkanes of at least 4 members (excludes halogenated alkanes) is 24. The van der Waals surface area contributed by atoms with Gasteiger partial charge in [-0.25, -0.2) is 0 Å². The van der Waals surface area contributed by atoms with Crippen LogP contribution in [-0.4, -0.2) is 78.1 Å². The number of ether oxygens (including phenoxy) is 1. The molecule has 0 radical (unpaired) electrons. The zero-order valence-electron chi connectivity index (χ0n) is 31.1. The Morgan fingerprint density at radius 2 is 0.816 bits per heavy atom. The molecule has 0 rings (SSSR count). The van der Waals surface area contributed by atoms with E-state index in [1.807, 2.05) is 0 Å². The van der Waals surface area contributed by atoms with E-state index < -0.39 is 56.1 Å². The molecule has 0 saturated heterocycles.